The van der Waals surface area contributed by atoms with Gasteiger partial charge in [-0.2, -0.15) is 0 Å². The summed E-state index contributed by atoms with van der Waals surface area (Å²) in [5.41, 5.74) is 1.09. The number of rotatable bonds is 1. The molecule has 0 atom stereocenters. The zero-order chi connectivity index (χ0) is 6.81. The maximum atomic E-state index is 4.47. The Kier molecular flexibility index (Phi) is 1.10. The Morgan fingerprint density at radius 2 is 1.70 bits per heavy atom. The molecule has 1 aliphatic heterocycles. The summed E-state index contributed by atoms with van der Waals surface area (Å²) < 4.78 is 0. The highest BCUT2D eigenvalue weighted by atomic mass is 17.4. The Balaban J connectivity index is 2.26. The van der Waals surface area contributed by atoms with Gasteiger partial charge in [-0.3, -0.25) is 0 Å². The molecule has 2 rings (SSSR count). The molecule has 0 radical (unpaired) electrons. The molecule has 1 fully saturated rings. The highest BCUT2D eigenvalue weighted by Crippen LogP contribution is 2.20. The molecule has 0 saturated carbocycles. The molecule has 1 saturated heterocycles. The molecular formula is C8H6O2. The first-order valence-electron chi connectivity index (χ1n) is 3.06. The van der Waals surface area contributed by atoms with E-state index in [0.717, 1.165) is 5.56 Å². The maximum Gasteiger partial charge on any atom is 0.379 e. The second kappa shape index (κ2) is 2.06. The fraction of sp³-hybridized carbons (Fsp3) is 0. The van der Waals surface area contributed by atoms with Crippen molar-refractivity contribution < 1.29 is 9.78 Å². The topological polar surface area (TPSA) is 25.1 Å². The lowest BCUT2D eigenvalue weighted by molar-refractivity contribution is 0.0850. The zero-order valence-corrected chi connectivity index (χ0v) is 5.28. The van der Waals surface area contributed by atoms with E-state index in [9.17, 15) is 0 Å². The van der Waals surface area contributed by atoms with Gasteiger partial charge in [0.25, 0.3) is 0 Å². The summed E-state index contributed by atoms with van der Waals surface area (Å²) in [5.74, 6) is 0.589. The third-order valence-electron chi connectivity index (χ3n) is 1.26. The van der Waals surface area contributed by atoms with Crippen LogP contribution < -0.4 is 0 Å². The average molecular weight is 134 g/mol. The van der Waals surface area contributed by atoms with Crippen LogP contribution in [0, 0.1) is 0 Å². The average Bonchev–Trinajstić information content (AvgIpc) is 2.74. The molecule has 1 aromatic rings. The monoisotopic (exact) mass is 134 g/mol. The van der Waals surface area contributed by atoms with Crippen LogP contribution in [0.2, 0.25) is 0 Å². The van der Waals surface area contributed by atoms with Crippen molar-refractivity contribution in [3.05, 3.63) is 41.8 Å². The SMILES string of the molecule is C(=C1OO1)c1ccccc1. The number of hydrogen-bond acceptors (Lipinski definition) is 2. The van der Waals surface area contributed by atoms with Crippen LogP contribution in [0.4, 0.5) is 0 Å². The van der Waals surface area contributed by atoms with E-state index in [-0.39, 0.29) is 0 Å². The van der Waals surface area contributed by atoms with E-state index in [0.29, 0.717) is 5.95 Å². The first kappa shape index (κ1) is 5.35. The van der Waals surface area contributed by atoms with E-state index < -0.39 is 0 Å². The number of hydrogen-bond donors (Lipinski definition) is 0. The molecule has 0 aliphatic carbocycles. The van der Waals surface area contributed by atoms with Crippen LogP contribution in [-0.2, 0) is 9.78 Å². The van der Waals surface area contributed by atoms with Crippen molar-refractivity contribution in [2.45, 2.75) is 0 Å². The predicted octanol–water partition coefficient (Wildman–Crippen LogP) is 1.95. The molecule has 0 spiro atoms. The van der Waals surface area contributed by atoms with Gasteiger partial charge in [-0.1, -0.05) is 30.3 Å². The van der Waals surface area contributed by atoms with Crippen molar-refractivity contribution >= 4 is 6.08 Å². The summed E-state index contributed by atoms with van der Waals surface area (Å²) >= 11 is 0. The van der Waals surface area contributed by atoms with E-state index in [2.05, 4.69) is 9.78 Å². The molecule has 0 aromatic heterocycles. The van der Waals surface area contributed by atoms with Gasteiger partial charge in [0.1, 0.15) is 0 Å². The summed E-state index contributed by atoms with van der Waals surface area (Å²) in [6, 6.07) is 9.87. The molecule has 1 heterocycles. The zero-order valence-electron chi connectivity index (χ0n) is 5.28. The van der Waals surface area contributed by atoms with Crippen molar-refractivity contribution in [3.8, 4) is 0 Å². The quantitative estimate of drug-likeness (QED) is 0.433. The van der Waals surface area contributed by atoms with Crippen LogP contribution in [0.3, 0.4) is 0 Å². The Morgan fingerprint density at radius 1 is 1.00 bits per heavy atom. The van der Waals surface area contributed by atoms with Gasteiger partial charge in [0.15, 0.2) is 0 Å². The molecule has 1 aromatic carbocycles. The highest BCUT2D eigenvalue weighted by molar-refractivity contribution is 5.50. The summed E-state index contributed by atoms with van der Waals surface area (Å²) in [6.45, 7) is 0. The molecule has 1 aliphatic rings. The smallest absolute Gasteiger partial charge is 0.242 e. The minimum absolute atomic E-state index is 0.589. The Bertz CT molecular complexity index is 245. The largest absolute Gasteiger partial charge is 0.379 e. The van der Waals surface area contributed by atoms with Gasteiger partial charge in [0.2, 0.25) is 0 Å². The van der Waals surface area contributed by atoms with E-state index in [1.54, 1.807) is 0 Å². The second-order valence-electron chi connectivity index (χ2n) is 2.04. The van der Waals surface area contributed by atoms with Crippen molar-refractivity contribution in [1.29, 1.82) is 0 Å². The van der Waals surface area contributed by atoms with E-state index in [4.69, 9.17) is 0 Å². The molecular weight excluding hydrogens is 128 g/mol. The third-order valence-corrected chi connectivity index (χ3v) is 1.26. The standard InChI is InChI=1S/C8H6O2/c1-2-4-7(5-3-1)6-8-9-10-8/h1-6H. The molecule has 50 valence electrons. The van der Waals surface area contributed by atoms with Crippen molar-refractivity contribution in [3.63, 3.8) is 0 Å². The molecule has 0 unspecified atom stereocenters. The third kappa shape index (κ3) is 1.10. The fourth-order valence-corrected chi connectivity index (χ4v) is 0.758. The van der Waals surface area contributed by atoms with Gasteiger partial charge in [-0.25, -0.2) is 9.78 Å². The summed E-state index contributed by atoms with van der Waals surface area (Å²) in [7, 11) is 0. The minimum atomic E-state index is 0.589. The summed E-state index contributed by atoms with van der Waals surface area (Å²) in [6.07, 6.45) is 1.83. The summed E-state index contributed by atoms with van der Waals surface area (Å²) in [4.78, 5) is 8.95. The van der Waals surface area contributed by atoms with Gasteiger partial charge < -0.3 is 0 Å². The van der Waals surface area contributed by atoms with Crippen LogP contribution in [-0.4, -0.2) is 0 Å². The van der Waals surface area contributed by atoms with E-state index in [1.165, 1.54) is 0 Å². The predicted molar refractivity (Wildman–Crippen MR) is 36.6 cm³/mol. The van der Waals surface area contributed by atoms with Crippen LogP contribution in [0.5, 0.6) is 0 Å². The summed E-state index contributed by atoms with van der Waals surface area (Å²) in [5, 5.41) is 0. The van der Waals surface area contributed by atoms with Crippen LogP contribution >= 0.6 is 0 Å². The lowest BCUT2D eigenvalue weighted by Gasteiger charge is -1.84. The Labute approximate surface area is 58.6 Å². The Hall–Kier alpha value is -1.44. The molecule has 2 nitrogen and oxygen atoms in total. The normalized spacial score (nSPS) is 13.4. The maximum absolute atomic E-state index is 4.47. The van der Waals surface area contributed by atoms with E-state index >= 15 is 0 Å². The molecule has 2 heteroatoms. The van der Waals surface area contributed by atoms with Gasteiger partial charge in [0, 0.05) is 6.08 Å². The van der Waals surface area contributed by atoms with Crippen molar-refractivity contribution in [2.75, 3.05) is 0 Å². The van der Waals surface area contributed by atoms with Crippen LogP contribution in [0.15, 0.2) is 36.3 Å². The Morgan fingerprint density at radius 3 is 2.30 bits per heavy atom. The first-order chi connectivity index (χ1) is 4.95. The molecule has 0 N–H and O–H groups in total. The fourth-order valence-electron chi connectivity index (χ4n) is 0.758. The van der Waals surface area contributed by atoms with E-state index in [1.807, 2.05) is 36.4 Å². The lowest BCUT2D eigenvalue weighted by atomic mass is 10.2. The van der Waals surface area contributed by atoms with Crippen molar-refractivity contribution in [1.82, 2.24) is 0 Å². The van der Waals surface area contributed by atoms with Gasteiger partial charge in [-0.05, 0) is 5.56 Å². The molecule has 0 bridgehead atoms. The second-order valence-corrected chi connectivity index (χ2v) is 2.04. The lowest BCUT2D eigenvalue weighted by Crippen LogP contribution is -1.66. The van der Waals surface area contributed by atoms with Gasteiger partial charge >= 0.3 is 5.95 Å². The van der Waals surface area contributed by atoms with Gasteiger partial charge in [0.05, 0.1) is 0 Å². The van der Waals surface area contributed by atoms with Crippen LogP contribution in [0.25, 0.3) is 6.08 Å². The molecule has 10 heavy (non-hydrogen) atoms. The first-order valence-corrected chi connectivity index (χ1v) is 3.06. The number of benzene rings is 1. The molecule has 0 amide bonds. The van der Waals surface area contributed by atoms with Crippen molar-refractivity contribution in [2.24, 2.45) is 0 Å². The minimum Gasteiger partial charge on any atom is -0.242 e. The van der Waals surface area contributed by atoms with Crippen LogP contribution in [0.1, 0.15) is 5.56 Å². The highest BCUT2D eigenvalue weighted by Gasteiger charge is 2.16. The van der Waals surface area contributed by atoms with Gasteiger partial charge in [-0.15, -0.1) is 0 Å².